The maximum atomic E-state index is 8.79. The number of nitrogens with zero attached hydrogens (tertiary/aromatic N) is 1. The molecule has 0 aromatic heterocycles. The van der Waals surface area contributed by atoms with E-state index in [0.29, 0.717) is 12.3 Å². The summed E-state index contributed by atoms with van der Waals surface area (Å²) in [6.07, 6.45) is 0.487. The van der Waals surface area contributed by atoms with Gasteiger partial charge in [0.2, 0.25) is 0 Å². The van der Waals surface area contributed by atoms with Crippen LogP contribution in [0.1, 0.15) is 31.4 Å². The van der Waals surface area contributed by atoms with Gasteiger partial charge in [-0.1, -0.05) is 31.8 Å². The first-order chi connectivity index (χ1) is 9.56. The van der Waals surface area contributed by atoms with Crippen molar-refractivity contribution in [3.63, 3.8) is 0 Å². The van der Waals surface area contributed by atoms with Crippen LogP contribution in [0, 0.1) is 17.8 Å². The third-order valence-corrected chi connectivity index (χ3v) is 2.85. The monoisotopic (exact) mass is 275 g/mol. The van der Waals surface area contributed by atoms with E-state index in [-0.39, 0.29) is 6.61 Å². The van der Waals surface area contributed by atoms with Gasteiger partial charge in [0.1, 0.15) is 5.75 Å². The molecular weight excluding hydrogens is 250 g/mol. The normalized spacial score (nSPS) is 10.6. The third kappa shape index (κ3) is 5.64. The van der Waals surface area contributed by atoms with E-state index < -0.39 is 0 Å². The summed E-state index contributed by atoms with van der Waals surface area (Å²) in [5, 5.41) is 8.79. The fraction of sp³-hybridized carbons (Fsp3) is 0.529. The van der Waals surface area contributed by atoms with Crippen LogP contribution < -0.4 is 4.74 Å². The molecule has 20 heavy (non-hydrogen) atoms. The molecule has 0 saturated heterocycles. The Morgan fingerprint density at radius 3 is 2.70 bits per heavy atom. The van der Waals surface area contributed by atoms with E-state index >= 15 is 0 Å². The van der Waals surface area contributed by atoms with Crippen LogP contribution in [0.3, 0.4) is 0 Å². The molecule has 0 amide bonds. The summed E-state index contributed by atoms with van der Waals surface area (Å²) < 4.78 is 5.32. The molecule has 0 atom stereocenters. The molecule has 0 spiro atoms. The second kappa shape index (κ2) is 8.63. The van der Waals surface area contributed by atoms with E-state index in [1.54, 1.807) is 7.11 Å². The standard InChI is InChI=1S/C17H25NO2/c1-14(2)12-18(3)13-15-8-9-17(20-4)16(11-15)7-5-6-10-19/h8-9,11,14,19H,6,10,12-13H2,1-4H3. The molecule has 0 aliphatic rings. The van der Waals surface area contributed by atoms with Crippen molar-refractivity contribution in [2.24, 2.45) is 5.92 Å². The summed E-state index contributed by atoms with van der Waals surface area (Å²) >= 11 is 0. The zero-order chi connectivity index (χ0) is 15.0. The van der Waals surface area contributed by atoms with Crippen molar-refractivity contribution in [2.75, 3.05) is 27.3 Å². The first kappa shape index (κ1) is 16.6. The minimum Gasteiger partial charge on any atom is -0.495 e. The summed E-state index contributed by atoms with van der Waals surface area (Å²) in [6, 6.07) is 6.11. The van der Waals surface area contributed by atoms with Gasteiger partial charge < -0.3 is 14.7 Å². The largest absolute Gasteiger partial charge is 0.495 e. The van der Waals surface area contributed by atoms with E-state index in [2.05, 4.69) is 49.8 Å². The third-order valence-electron chi connectivity index (χ3n) is 2.85. The SMILES string of the molecule is COc1ccc(CN(C)CC(C)C)cc1C#CCCO. The lowest BCUT2D eigenvalue weighted by molar-refractivity contribution is 0.288. The number of hydrogen-bond acceptors (Lipinski definition) is 3. The number of ether oxygens (including phenoxy) is 1. The average Bonchev–Trinajstić information content (AvgIpc) is 2.38. The summed E-state index contributed by atoms with van der Waals surface area (Å²) in [6.45, 7) is 6.49. The van der Waals surface area contributed by atoms with Gasteiger partial charge in [0, 0.05) is 19.5 Å². The molecule has 0 saturated carbocycles. The lowest BCUT2D eigenvalue weighted by Crippen LogP contribution is -2.22. The minimum atomic E-state index is 0.0894. The number of hydrogen-bond donors (Lipinski definition) is 1. The molecule has 1 N–H and O–H groups in total. The number of benzene rings is 1. The molecule has 1 aromatic carbocycles. The molecule has 0 aliphatic carbocycles. The van der Waals surface area contributed by atoms with Gasteiger partial charge >= 0.3 is 0 Å². The van der Waals surface area contributed by atoms with Crippen LogP contribution in [0.4, 0.5) is 0 Å². The van der Waals surface area contributed by atoms with E-state index in [9.17, 15) is 0 Å². The number of aliphatic hydroxyl groups excluding tert-OH is 1. The molecule has 0 bridgehead atoms. The fourth-order valence-corrected chi connectivity index (χ4v) is 2.16. The van der Waals surface area contributed by atoms with Gasteiger partial charge in [-0.2, -0.15) is 0 Å². The number of rotatable bonds is 6. The van der Waals surface area contributed by atoms with E-state index in [1.807, 2.05) is 6.07 Å². The predicted octanol–water partition coefficient (Wildman–Crippen LogP) is 2.52. The highest BCUT2D eigenvalue weighted by atomic mass is 16.5. The van der Waals surface area contributed by atoms with Gasteiger partial charge in [0.05, 0.1) is 19.3 Å². The first-order valence-electron chi connectivity index (χ1n) is 7.02. The van der Waals surface area contributed by atoms with Crippen molar-refractivity contribution in [2.45, 2.75) is 26.8 Å². The van der Waals surface area contributed by atoms with Crippen LogP contribution >= 0.6 is 0 Å². The zero-order valence-electron chi connectivity index (χ0n) is 12.9. The van der Waals surface area contributed by atoms with Gasteiger partial charge in [0.25, 0.3) is 0 Å². The van der Waals surface area contributed by atoms with Crippen LogP contribution in [-0.4, -0.2) is 37.3 Å². The highest BCUT2D eigenvalue weighted by molar-refractivity contribution is 5.48. The lowest BCUT2D eigenvalue weighted by atomic mass is 10.1. The molecule has 0 unspecified atom stereocenters. The second-order valence-corrected chi connectivity index (χ2v) is 5.40. The summed E-state index contributed by atoms with van der Waals surface area (Å²) in [4.78, 5) is 2.30. The molecule has 3 heteroatoms. The number of aliphatic hydroxyl groups is 1. The van der Waals surface area contributed by atoms with Gasteiger partial charge in [-0.15, -0.1) is 0 Å². The van der Waals surface area contributed by atoms with Crippen LogP contribution in [0.2, 0.25) is 0 Å². The maximum absolute atomic E-state index is 8.79. The summed E-state index contributed by atoms with van der Waals surface area (Å²) in [5.41, 5.74) is 2.11. The number of methoxy groups -OCH3 is 1. The highest BCUT2D eigenvalue weighted by Crippen LogP contribution is 2.20. The van der Waals surface area contributed by atoms with E-state index in [1.165, 1.54) is 5.56 Å². The van der Waals surface area contributed by atoms with Crippen molar-refractivity contribution in [3.8, 4) is 17.6 Å². The first-order valence-corrected chi connectivity index (χ1v) is 7.02. The average molecular weight is 275 g/mol. The van der Waals surface area contributed by atoms with Crippen molar-refractivity contribution in [1.29, 1.82) is 0 Å². The van der Waals surface area contributed by atoms with E-state index in [0.717, 1.165) is 24.4 Å². The lowest BCUT2D eigenvalue weighted by Gasteiger charge is -2.19. The molecule has 0 heterocycles. The van der Waals surface area contributed by atoms with E-state index in [4.69, 9.17) is 9.84 Å². The Hall–Kier alpha value is -1.50. The molecule has 1 aromatic rings. The van der Waals surface area contributed by atoms with Crippen LogP contribution in [0.15, 0.2) is 18.2 Å². The Labute approximate surface area is 122 Å². The van der Waals surface area contributed by atoms with Gasteiger partial charge in [-0.05, 0) is 30.7 Å². The smallest absolute Gasteiger partial charge is 0.134 e. The van der Waals surface area contributed by atoms with Gasteiger partial charge in [-0.25, -0.2) is 0 Å². The quantitative estimate of drug-likeness (QED) is 0.810. The maximum Gasteiger partial charge on any atom is 0.134 e. The Morgan fingerprint density at radius 1 is 1.35 bits per heavy atom. The minimum absolute atomic E-state index is 0.0894. The van der Waals surface area contributed by atoms with Crippen molar-refractivity contribution >= 4 is 0 Å². The van der Waals surface area contributed by atoms with Crippen molar-refractivity contribution < 1.29 is 9.84 Å². The van der Waals surface area contributed by atoms with Crippen molar-refractivity contribution in [3.05, 3.63) is 29.3 Å². The summed E-state index contributed by atoms with van der Waals surface area (Å²) in [5.74, 6) is 7.45. The Kier molecular flexibility index (Phi) is 7.14. The molecule has 110 valence electrons. The Balaban J connectivity index is 2.84. The zero-order valence-corrected chi connectivity index (χ0v) is 12.9. The molecule has 0 radical (unpaired) electrons. The van der Waals surface area contributed by atoms with Crippen LogP contribution in [0.25, 0.3) is 0 Å². The molecule has 3 nitrogen and oxygen atoms in total. The topological polar surface area (TPSA) is 32.7 Å². The van der Waals surface area contributed by atoms with Crippen molar-refractivity contribution in [1.82, 2.24) is 4.90 Å². The van der Waals surface area contributed by atoms with Crippen LogP contribution in [0.5, 0.6) is 5.75 Å². The highest BCUT2D eigenvalue weighted by Gasteiger charge is 2.06. The second-order valence-electron chi connectivity index (χ2n) is 5.40. The van der Waals surface area contributed by atoms with Gasteiger partial charge in [-0.3, -0.25) is 0 Å². The summed E-state index contributed by atoms with van der Waals surface area (Å²) in [7, 11) is 3.78. The Bertz CT molecular complexity index is 472. The molecule has 0 aliphatic heterocycles. The predicted molar refractivity (Wildman–Crippen MR) is 82.7 cm³/mol. The molecule has 0 fully saturated rings. The Morgan fingerprint density at radius 2 is 2.10 bits per heavy atom. The van der Waals surface area contributed by atoms with Gasteiger partial charge in [0.15, 0.2) is 0 Å². The molecule has 1 rings (SSSR count). The molecular formula is C17H25NO2. The van der Waals surface area contributed by atoms with Crippen LogP contribution in [-0.2, 0) is 6.54 Å². The fourth-order valence-electron chi connectivity index (χ4n) is 2.16.